The highest BCUT2D eigenvalue weighted by molar-refractivity contribution is 5.95. The smallest absolute Gasteiger partial charge is 0.251 e. The lowest BCUT2D eigenvalue weighted by atomic mass is 9.92. The van der Waals surface area contributed by atoms with Crippen LogP contribution in [0.2, 0.25) is 0 Å². The van der Waals surface area contributed by atoms with Gasteiger partial charge in [0.25, 0.3) is 5.91 Å². The van der Waals surface area contributed by atoms with Crippen molar-refractivity contribution in [2.45, 2.75) is 32.7 Å². The average Bonchev–Trinajstić information content (AvgIpc) is 2.40. The van der Waals surface area contributed by atoms with Crippen LogP contribution in [0.5, 0.6) is 0 Å². The Morgan fingerprint density at radius 3 is 3.05 bits per heavy atom. The maximum absolute atomic E-state index is 13.2. The largest absolute Gasteiger partial charge is 0.350 e. The van der Waals surface area contributed by atoms with Crippen LogP contribution in [0.25, 0.3) is 0 Å². The van der Waals surface area contributed by atoms with E-state index in [4.69, 9.17) is 0 Å². The number of piperidine rings is 1. The number of carbonyl (C=O) groups is 1. The van der Waals surface area contributed by atoms with Crippen LogP contribution < -0.4 is 10.6 Å². The monoisotopic (exact) mass is 264 g/mol. The number of rotatable bonds is 3. The molecule has 2 rings (SSSR count). The molecule has 1 fully saturated rings. The van der Waals surface area contributed by atoms with Crippen molar-refractivity contribution in [2.24, 2.45) is 5.92 Å². The van der Waals surface area contributed by atoms with Gasteiger partial charge in [0.15, 0.2) is 0 Å². The Balaban J connectivity index is 1.95. The zero-order chi connectivity index (χ0) is 13.8. The van der Waals surface area contributed by atoms with Crippen molar-refractivity contribution in [2.75, 3.05) is 13.1 Å². The molecule has 0 spiro atoms. The van der Waals surface area contributed by atoms with Gasteiger partial charge in [-0.2, -0.15) is 0 Å². The second-order valence-corrected chi connectivity index (χ2v) is 5.35. The lowest BCUT2D eigenvalue weighted by molar-refractivity contribution is 0.0942. The van der Waals surface area contributed by atoms with Gasteiger partial charge >= 0.3 is 0 Å². The Kier molecular flexibility index (Phi) is 4.53. The maximum atomic E-state index is 13.2. The number of nitrogens with one attached hydrogen (secondary N) is 2. The molecule has 0 aliphatic carbocycles. The molecule has 0 saturated carbocycles. The predicted molar refractivity (Wildman–Crippen MR) is 73.7 cm³/mol. The standard InChI is InChI=1S/C15H21FN2O/c1-10-5-6-12(16)8-13(10)15(19)18-9-14-11(2)4-3-7-17-14/h5-6,8,11,14,17H,3-4,7,9H2,1-2H3,(H,18,19). The Hall–Kier alpha value is -1.42. The normalized spacial score (nSPS) is 23.1. The highest BCUT2D eigenvalue weighted by Crippen LogP contribution is 2.15. The molecule has 2 atom stereocenters. The molecular formula is C15H21FN2O. The van der Waals surface area contributed by atoms with Crippen LogP contribution in [-0.2, 0) is 0 Å². The zero-order valence-corrected chi connectivity index (χ0v) is 11.5. The highest BCUT2D eigenvalue weighted by Gasteiger charge is 2.21. The summed E-state index contributed by atoms with van der Waals surface area (Å²) in [6.45, 7) is 5.60. The Labute approximate surface area is 113 Å². The molecule has 1 saturated heterocycles. The number of hydrogen-bond donors (Lipinski definition) is 2. The van der Waals surface area contributed by atoms with Gasteiger partial charge in [-0.3, -0.25) is 4.79 Å². The molecule has 0 radical (unpaired) electrons. The molecule has 1 amide bonds. The Morgan fingerprint density at radius 2 is 2.32 bits per heavy atom. The number of halogens is 1. The Bertz CT molecular complexity index is 461. The summed E-state index contributed by atoms with van der Waals surface area (Å²) in [5.41, 5.74) is 1.21. The minimum Gasteiger partial charge on any atom is -0.350 e. The highest BCUT2D eigenvalue weighted by atomic mass is 19.1. The molecule has 0 bridgehead atoms. The van der Waals surface area contributed by atoms with Crippen LogP contribution >= 0.6 is 0 Å². The van der Waals surface area contributed by atoms with Crippen LogP contribution in [-0.4, -0.2) is 25.0 Å². The summed E-state index contributed by atoms with van der Waals surface area (Å²) in [4.78, 5) is 12.1. The number of carbonyl (C=O) groups excluding carboxylic acids is 1. The van der Waals surface area contributed by atoms with Crippen LogP contribution in [0.1, 0.15) is 35.7 Å². The van der Waals surface area contributed by atoms with E-state index in [-0.39, 0.29) is 11.7 Å². The lowest BCUT2D eigenvalue weighted by Crippen LogP contribution is -2.47. The van der Waals surface area contributed by atoms with Gasteiger partial charge in [-0.1, -0.05) is 13.0 Å². The summed E-state index contributed by atoms with van der Waals surface area (Å²) in [5.74, 6) is -0.0147. The van der Waals surface area contributed by atoms with Crippen molar-refractivity contribution in [1.82, 2.24) is 10.6 Å². The first-order chi connectivity index (χ1) is 9.08. The minimum absolute atomic E-state index is 0.198. The number of aryl methyl sites for hydroxylation is 1. The topological polar surface area (TPSA) is 41.1 Å². The summed E-state index contributed by atoms with van der Waals surface area (Å²) in [7, 11) is 0. The molecule has 2 N–H and O–H groups in total. The van der Waals surface area contributed by atoms with Gasteiger partial charge in [0.1, 0.15) is 5.82 Å². The summed E-state index contributed by atoms with van der Waals surface area (Å²) >= 11 is 0. The van der Waals surface area contributed by atoms with Crippen LogP contribution in [0.15, 0.2) is 18.2 Å². The van der Waals surface area contributed by atoms with E-state index < -0.39 is 0 Å². The first-order valence-corrected chi connectivity index (χ1v) is 6.85. The van der Waals surface area contributed by atoms with Crippen molar-refractivity contribution in [3.8, 4) is 0 Å². The van der Waals surface area contributed by atoms with E-state index in [0.717, 1.165) is 12.1 Å². The van der Waals surface area contributed by atoms with Gasteiger partial charge in [-0.25, -0.2) is 4.39 Å². The third-order valence-corrected chi connectivity index (χ3v) is 3.86. The fraction of sp³-hybridized carbons (Fsp3) is 0.533. The van der Waals surface area contributed by atoms with E-state index in [2.05, 4.69) is 17.6 Å². The first-order valence-electron chi connectivity index (χ1n) is 6.85. The molecule has 2 unspecified atom stereocenters. The van der Waals surface area contributed by atoms with Gasteiger partial charge in [-0.15, -0.1) is 0 Å². The molecule has 1 aromatic carbocycles. The second-order valence-electron chi connectivity index (χ2n) is 5.35. The number of benzene rings is 1. The van der Waals surface area contributed by atoms with E-state index in [0.29, 0.717) is 24.1 Å². The molecule has 0 aromatic heterocycles. The van der Waals surface area contributed by atoms with Gasteiger partial charge in [0.2, 0.25) is 0 Å². The quantitative estimate of drug-likeness (QED) is 0.879. The maximum Gasteiger partial charge on any atom is 0.251 e. The molecule has 1 aliphatic rings. The van der Waals surface area contributed by atoms with E-state index >= 15 is 0 Å². The third kappa shape index (κ3) is 3.53. The van der Waals surface area contributed by atoms with Crippen molar-refractivity contribution in [3.63, 3.8) is 0 Å². The molecule has 3 nitrogen and oxygen atoms in total. The van der Waals surface area contributed by atoms with Crippen LogP contribution in [0, 0.1) is 18.7 Å². The van der Waals surface area contributed by atoms with E-state index in [1.807, 2.05) is 6.92 Å². The molecule has 4 heteroatoms. The van der Waals surface area contributed by atoms with Crippen molar-refractivity contribution >= 4 is 5.91 Å². The summed E-state index contributed by atoms with van der Waals surface area (Å²) < 4.78 is 13.2. The van der Waals surface area contributed by atoms with Crippen molar-refractivity contribution in [3.05, 3.63) is 35.1 Å². The SMILES string of the molecule is Cc1ccc(F)cc1C(=O)NCC1NCCCC1C. The summed E-state index contributed by atoms with van der Waals surface area (Å²) in [5, 5.41) is 6.31. The molecule has 104 valence electrons. The van der Waals surface area contributed by atoms with E-state index in [1.165, 1.54) is 25.0 Å². The minimum atomic E-state index is -0.375. The van der Waals surface area contributed by atoms with E-state index in [9.17, 15) is 9.18 Å². The zero-order valence-electron chi connectivity index (χ0n) is 11.5. The van der Waals surface area contributed by atoms with Crippen molar-refractivity contribution in [1.29, 1.82) is 0 Å². The molecule has 1 heterocycles. The summed E-state index contributed by atoms with van der Waals surface area (Å²) in [6.07, 6.45) is 2.38. The van der Waals surface area contributed by atoms with Crippen LogP contribution in [0.3, 0.4) is 0 Å². The van der Waals surface area contributed by atoms with Gasteiger partial charge < -0.3 is 10.6 Å². The number of amides is 1. The first kappa shape index (κ1) is 14.0. The summed E-state index contributed by atoms with van der Waals surface area (Å²) in [6, 6.07) is 4.61. The van der Waals surface area contributed by atoms with Crippen molar-refractivity contribution < 1.29 is 9.18 Å². The number of hydrogen-bond acceptors (Lipinski definition) is 2. The molecular weight excluding hydrogens is 243 g/mol. The average molecular weight is 264 g/mol. The lowest BCUT2D eigenvalue weighted by Gasteiger charge is -2.30. The Morgan fingerprint density at radius 1 is 1.53 bits per heavy atom. The van der Waals surface area contributed by atoms with E-state index in [1.54, 1.807) is 6.07 Å². The molecule has 19 heavy (non-hydrogen) atoms. The molecule has 1 aromatic rings. The fourth-order valence-corrected chi connectivity index (χ4v) is 2.52. The van der Waals surface area contributed by atoms with Gasteiger partial charge in [0.05, 0.1) is 0 Å². The fourth-order valence-electron chi connectivity index (χ4n) is 2.52. The van der Waals surface area contributed by atoms with Gasteiger partial charge in [0, 0.05) is 18.2 Å². The predicted octanol–water partition coefficient (Wildman–Crippen LogP) is 2.25. The second kappa shape index (κ2) is 6.15. The van der Waals surface area contributed by atoms with Gasteiger partial charge in [-0.05, 0) is 49.9 Å². The third-order valence-electron chi connectivity index (χ3n) is 3.86. The molecule has 1 aliphatic heterocycles. The van der Waals surface area contributed by atoms with Crippen LogP contribution in [0.4, 0.5) is 4.39 Å².